The zero-order valence-corrected chi connectivity index (χ0v) is 52.7. The molecule has 1 aliphatic heterocycles. The largest absolute Gasteiger partial charge is 0.466 e. The molecule has 1 aliphatic rings. The fourth-order valence-electron chi connectivity index (χ4n) is 10.4. The van der Waals surface area contributed by atoms with E-state index in [1.807, 2.05) is 6.08 Å². The number of unbranched alkanes of at least 4 members (excludes halogenated alkanes) is 35. The second kappa shape index (κ2) is 59.8. The van der Waals surface area contributed by atoms with Crippen LogP contribution in [0, 0.1) is 0 Å². The summed E-state index contributed by atoms with van der Waals surface area (Å²) in [7, 11) is 0. The highest BCUT2D eigenvalue weighted by Crippen LogP contribution is 2.23. The Morgan fingerprint density at radius 3 is 1.34 bits per heavy atom. The van der Waals surface area contributed by atoms with Crippen LogP contribution in [0.25, 0.3) is 0 Å². The van der Waals surface area contributed by atoms with E-state index < -0.39 is 49.5 Å². The summed E-state index contributed by atoms with van der Waals surface area (Å²) in [5.74, 6) is -0.204. The van der Waals surface area contributed by atoms with Gasteiger partial charge in [0, 0.05) is 12.8 Å². The van der Waals surface area contributed by atoms with Crippen LogP contribution >= 0.6 is 0 Å². The Balaban J connectivity index is 1.96. The molecular weight excluding hydrogens is 1030 g/mol. The Labute approximate surface area is 502 Å². The van der Waals surface area contributed by atoms with Gasteiger partial charge in [0.1, 0.15) is 24.4 Å². The fraction of sp³-hybridized carbons (Fsp3) is 0.803. The number of nitrogens with one attached hydrogen (secondary N) is 1. The first kappa shape index (κ1) is 77.1. The minimum absolute atomic E-state index is 0.00510. The van der Waals surface area contributed by atoms with Crippen LogP contribution in [0.15, 0.2) is 72.9 Å². The number of amides is 1. The Kier molecular flexibility index (Phi) is 56.2. The highest BCUT2D eigenvalue weighted by molar-refractivity contribution is 5.76. The lowest BCUT2D eigenvalue weighted by Crippen LogP contribution is -2.60. The highest BCUT2D eigenvalue weighted by Gasteiger charge is 2.44. The van der Waals surface area contributed by atoms with Crippen LogP contribution in [0.1, 0.15) is 303 Å². The quantitative estimate of drug-likeness (QED) is 0.0195. The van der Waals surface area contributed by atoms with Gasteiger partial charge in [-0.05, 0) is 109 Å². The van der Waals surface area contributed by atoms with Crippen molar-refractivity contribution in [1.29, 1.82) is 0 Å². The van der Waals surface area contributed by atoms with Crippen LogP contribution in [0.5, 0.6) is 0 Å². The van der Waals surface area contributed by atoms with Crippen molar-refractivity contribution in [3.8, 4) is 0 Å². The van der Waals surface area contributed by atoms with E-state index in [1.54, 1.807) is 6.08 Å². The van der Waals surface area contributed by atoms with Gasteiger partial charge < -0.3 is 45.1 Å². The van der Waals surface area contributed by atoms with Crippen LogP contribution < -0.4 is 5.32 Å². The van der Waals surface area contributed by atoms with E-state index >= 15 is 0 Å². The Bertz CT molecular complexity index is 1590. The molecule has 11 heteroatoms. The molecule has 1 heterocycles. The lowest BCUT2D eigenvalue weighted by atomic mass is 9.99. The molecule has 82 heavy (non-hydrogen) atoms. The van der Waals surface area contributed by atoms with Crippen molar-refractivity contribution in [2.75, 3.05) is 19.8 Å². The molecule has 7 atom stereocenters. The number of hydrogen-bond donors (Lipinski definition) is 6. The van der Waals surface area contributed by atoms with Gasteiger partial charge in [-0.3, -0.25) is 9.59 Å². The molecule has 11 nitrogen and oxygen atoms in total. The van der Waals surface area contributed by atoms with Gasteiger partial charge >= 0.3 is 5.97 Å². The van der Waals surface area contributed by atoms with Gasteiger partial charge in [-0.2, -0.15) is 0 Å². The van der Waals surface area contributed by atoms with E-state index in [1.165, 1.54) is 199 Å². The van der Waals surface area contributed by atoms with Gasteiger partial charge in [0.15, 0.2) is 6.29 Å². The van der Waals surface area contributed by atoms with Crippen LogP contribution in [0.4, 0.5) is 0 Å². The zero-order chi connectivity index (χ0) is 59.5. The first-order chi connectivity index (χ1) is 40.2. The Hall–Kier alpha value is -2.90. The van der Waals surface area contributed by atoms with Gasteiger partial charge in [0.05, 0.1) is 32.0 Å². The number of rotatable bonds is 59. The summed E-state index contributed by atoms with van der Waals surface area (Å²) < 4.78 is 16.7. The molecule has 6 N–H and O–H groups in total. The predicted octanol–water partition coefficient (Wildman–Crippen LogP) is 17.1. The summed E-state index contributed by atoms with van der Waals surface area (Å²) in [6.45, 7) is 4.19. The molecule has 0 aromatic heterocycles. The maximum atomic E-state index is 13.0. The van der Waals surface area contributed by atoms with E-state index in [-0.39, 0.29) is 18.5 Å². The maximum absolute atomic E-state index is 13.0. The molecule has 1 amide bonds. The molecule has 476 valence electrons. The smallest absolute Gasteiger partial charge is 0.305 e. The number of ether oxygens (including phenoxy) is 3. The van der Waals surface area contributed by atoms with E-state index in [9.17, 15) is 35.1 Å². The molecule has 0 saturated carbocycles. The topological polar surface area (TPSA) is 175 Å². The average molecular weight is 1150 g/mol. The number of esters is 1. The molecule has 1 fully saturated rings. The first-order valence-corrected chi connectivity index (χ1v) is 34.2. The Morgan fingerprint density at radius 2 is 0.866 bits per heavy atom. The van der Waals surface area contributed by atoms with Crippen molar-refractivity contribution in [3.63, 3.8) is 0 Å². The molecule has 0 aliphatic carbocycles. The van der Waals surface area contributed by atoms with Crippen LogP contribution in [-0.4, -0.2) is 100 Å². The lowest BCUT2D eigenvalue weighted by molar-refractivity contribution is -0.302. The standard InChI is InChI=1S/C71H127NO10/c1-3-5-7-9-11-13-15-35-39-43-47-51-55-59-67(76)80-60-56-52-48-44-40-37-34-32-30-28-26-24-22-20-18-16-17-19-21-23-25-27-29-31-33-36-38-42-46-50-54-58-66(75)72-63(62-81-71-70(79)69(78)68(77)65(61-73)82-71)64(74)57-53-49-45-41-14-12-10-8-6-4-2/h6,8,13-15,18,20,24,26,41,53,57,63-65,68-71,73-74,77-79H,3-5,7,9-12,16-17,19,21-23,25,27-40,42-52,54-56,58-62H2,1-2H3,(H,72,75)/b8-6+,15-13-,20-18-,26-24-,41-14+,57-53+. The third-order valence-corrected chi connectivity index (χ3v) is 15.8. The summed E-state index contributed by atoms with van der Waals surface area (Å²) in [6, 6.07) is -0.835. The van der Waals surface area contributed by atoms with Gasteiger partial charge in [-0.1, -0.05) is 254 Å². The van der Waals surface area contributed by atoms with E-state index in [2.05, 4.69) is 79.9 Å². The van der Waals surface area contributed by atoms with Crippen molar-refractivity contribution in [2.24, 2.45) is 0 Å². The minimum atomic E-state index is -1.58. The summed E-state index contributed by atoms with van der Waals surface area (Å²) in [4.78, 5) is 25.1. The monoisotopic (exact) mass is 1150 g/mol. The molecular formula is C71H127NO10. The van der Waals surface area contributed by atoms with E-state index in [4.69, 9.17) is 14.2 Å². The number of aliphatic hydroxyl groups excluding tert-OH is 5. The molecule has 0 aromatic carbocycles. The van der Waals surface area contributed by atoms with Crippen molar-refractivity contribution < 1.29 is 49.3 Å². The summed E-state index contributed by atoms with van der Waals surface area (Å²) in [5.41, 5.74) is 0. The SMILES string of the molecule is CC/C=C/CC/C=C/CC/C=C/C(O)C(COC1OC(CO)C(O)C(O)C1O)NC(=O)CCCCCCCCCCCCCCCCC/C=C\C/C=C\CCCCCCCCCCCOC(=O)CCCCCCC/C=C\CCCCCC. The summed E-state index contributed by atoms with van der Waals surface area (Å²) in [6.07, 6.45) is 70.5. The molecule has 0 bridgehead atoms. The second-order valence-electron chi connectivity index (χ2n) is 23.5. The number of hydrogen-bond acceptors (Lipinski definition) is 10. The third-order valence-electron chi connectivity index (χ3n) is 15.8. The van der Waals surface area contributed by atoms with Crippen molar-refractivity contribution in [3.05, 3.63) is 72.9 Å². The Morgan fingerprint density at radius 1 is 0.463 bits per heavy atom. The average Bonchev–Trinajstić information content (AvgIpc) is 3.67. The number of allylic oxidation sites excluding steroid dienone is 11. The van der Waals surface area contributed by atoms with Crippen LogP contribution in [0.2, 0.25) is 0 Å². The lowest BCUT2D eigenvalue weighted by Gasteiger charge is -2.40. The minimum Gasteiger partial charge on any atom is -0.466 e. The molecule has 1 rings (SSSR count). The normalized spacial score (nSPS) is 18.6. The van der Waals surface area contributed by atoms with Gasteiger partial charge in [-0.15, -0.1) is 0 Å². The van der Waals surface area contributed by atoms with E-state index in [0.29, 0.717) is 19.4 Å². The van der Waals surface area contributed by atoms with Crippen LogP contribution in [-0.2, 0) is 23.8 Å². The first-order valence-electron chi connectivity index (χ1n) is 34.2. The van der Waals surface area contributed by atoms with Gasteiger partial charge in [-0.25, -0.2) is 0 Å². The molecule has 0 aromatic rings. The second-order valence-corrected chi connectivity index (χ2v) is 23.5. The van der Waals surface area contributed by atoms with E-state index in [0.717, 1.165) is 77.0 Å². The molecule has 1 saturated heterocycles. The predicted molar refractivity (Wildman–Crippen MR) is 343 cm³/mol. The fourth-order valence-corrected chi connectivity index (χ4v) is 10.4. The van der Waals surface area contributed by atoms with Crippen molar-refractivity contribution in [1.82, 2.24) is 5.32 Å². The molecule has 0 spiro atoms. The van der Waals surface area contributed by atoms with Crippen molar-refractivity contribution in [2.45, 2.75) is 346 Å². The highest BCUT2D eigenvalue weighted by atomic mass is 16.7. The van der Waals surface area contributed by atoms with Crippen LogP contribution in [0.3, 0.4) is 0 Å². The third kappa shape index (κ3) is 48.3. The maximum Gasteiger partial charge on any atom is 0.305 e. The zero-order valence-electron chi connectivity index (χ0n) is 52.7. The number of carbonyl (C=O) groups is 2. The summed E-state index contributed by atoms with van der Waals surface area (Å²) >= 11 is 0. The van der Waals surface area contributed by atoms with Gasteiger partial charge in [0.2, 0.25) is 5.91 Å². The van der Waals surface area contributed by atoms with Crippen molar-refractivity contribution >= 4 is 11.9 Å². The molecule has 0 radical (unpaired) electrons. The number of carbonyl (C=O) groups excluding carboxylic acids is 2. The number of aliphatic hydroxyl groups is 5. The molecule has 7 unspecified atom stereocenters. The summed E-state index contributed by atoms with van der Waals surface area (Å²) in [5, 5.41) is 54.3. The van der Waals surface area contributed by atoms with Gasteiger partial charge in [0.25, 0.3) is 0 Å².